The fraction of sp³-hybridized carbons (Fsp3) is 0.364. The zero-order valence-electron chi connectivity index (χ0n) is 16.1. The lowest BCUT2D eigenvalue weighted by Gasteiger charge is -2.28. The minimum atomic E-state index is -0.864. The van der Waals surface area contributed by atoms with Crippen LogP contribution in [0.25, 0.3) is 0 Å². The van der Waals surface area contributed by atoms with Crippen LogP contribution in [0.3, 0.4) is 0 Å². The molecule has 0 bridgehead atoms. The van der Waals surface area contributed by atoms with E-state index in [1.54, 1.807) is 7.11 Å². The van der Waals surface area contributed by atoms with Gasteiger partial charge in [0.15, 0.2) is 0 Å². The molecule has 5 heteroatoms. The van der Waals surface area contributed by atoms with E-state index in [-0.39, 0.29) is 18.4 Å². The predicted octanol–water partition coefficient (Wildman–Crippen LogP) is 3.57. The van der Waals surface area contributed by atoms with Gasteiger partial charge in [0.1, 0.15) is 5.75 Å². The first kappa shape index (κ1) is 20.5. The Labute approximate surface area is 160 Å². The van der Waals surface area contributed by atoms with Gasteiger partial charge in [0.05, 0.1) is 12.5 Å². The van der Waals surface area contributed by atoms with Crippen LogP contribution in [-0.4, -0.2) is 30.1 Å². The van der Waals surface area contributed by atoms with Gasteiger partial charge in [-0.2, -0.15) is 0 Å². The van der Waals surface area contributed by atoms with Crippen molar-refractivity contribution in [3.63, 3.8) is 0 Å². The number of amides is 1. The summed E-state index contributed by atoms with van der Waals surface area (Å²) in [6.45, 7) is 3.72. The highest BCUT2D eigenvalue weighted by Crippen LogP contribution is 2.26. The lowest BCUT2D eigenvalue weighted by molar-refractivity contribution is -0.137. The van der Waals surface area contributed by atoms with E-state index in [0.717, 1.165) is 16.9 Å². The van der Waals surface area contributed by atoms with E-state index in [0.29, 0.717) is 12.8 Å². The molecular formula is C22H27NO4. The van der Waals surface area contributed by atoms with Crippen LogP contribution in [0.2, 0.25) is 0 Å². The fourth-order valence-corrected chi connectivity index (χ4v) is 2.93. The lowest BCUT2D eigenvalue weighted by Crippen LogP contribution is -2.46. The van der Waals surface area contributed by atoms with Gasteiger partial charge in [0.25, 0.3) is 0 Å². The van der Waals surface area contributed by atoms with Crippen LogP contribution in [-0.2, 0) is 21.4 Å². The number of ether oxygens (including phenoxy) is 1. The Balaban J connectivity index is 2.13. The number of aliphatic carboxylic acids is 1. The molecule has 2 aromatic carbocycles. The van der Waals surface area contributed by atoms with Crippen molar-refractivity contribution in [2.45, 2.75) is 44.6 Å². The summed E-state index contributed by atoms with van der Waals surface area (Å²) >= 11 is 0. The summed E-state index contributed by atoms with van der Waals surface area (Å²) in [5, 5.41) is 12.1. The number of carboxylic acids is 1. The molecule has 0 aliphatic rings. The molecule has 2 rings (SSSR count). The Morgan fingerprint density at radius 1 is 1.07 bits per heavy atom. The third-order valence-electron chi connectivity index (χ3n) is 4.75. The number of carboxylic acid groups (broad SMARTS) is 1. The van der Waals surface area contributed by atoms with Crippen LogP contribution in [0.4, 0.5) is 0 Å². The second kappa shape index (κ2) is 9.21. The van der Waals surface area contributed by atoms with Crippen LogP contribution in [0.1, 0.15) is 37.8 Å². The SMILES string of the molecule is COc1ccc(C(C)(C)C(=O)NC(CCC(=O)O)Cc2ccccc2)cc1. The summed E-state index contributed by atoms with van der Waals surface area (Å²) < 4.78 is 5.17. The number of hydrogen-bond acceptors (Lipinski definition) is 3. The molecule has 0 saturated carbocycles. The maximum Gasteiger partial charge on any atom is 0.303 e. The third-order valence-corrected chi connectivity index (χ3v) is 4.75. The maximum absolute atomic E-state index is 13.0. The fourth-order valence-electron chi connectivity index (χ4n) is 2.93. The van der Waals surface area contributed by atoms with Crippen molar-refractivity contribution in [1.82, 2.24) is 5.32 Å². The third kappa shape index (κ3) is 5.84. The Kier molecular flexibility index (Phi) is 6.99. The number of rotatable bonds is 9. The van der Waals surface area contributed by atoms with Crippen molar-refractivity contribution in [3.8, 4) is 5.75 Å². The molecule has 27 heavy (non-hydrogen) atoms. The monoisotopic (exact) mass is 369 g/mol. The van der Waals surface area contributed by atoms with Crippen molar-refractivity contribution in [1.29, 1.82) is 0 Å². The van der Waals surface area contributed by atoms with Crippen molar-refractivity contribution < 1.29 is 19.4 Å². The Morgan fingerprint density at radius 2 is 1.70 bits per heavy atom. The molecular weight excluding hydrogens is 342 g/mol. The summed E-state index contributed by atoms with van der Waals surface area (Å²) in [6, 6.07) is 16.9. The average molecular weight is 369 g/mol. The second-order valence-corrected chi connectivity index (χ2v) is 7.15. The summed E-state index contributed by atoms with van der Waals surface area (Å²) in [6.07, 6.45) is 0.994. The van der Waals surface area contributed by atoms with Gasteiger partial charge in [-0.15, -0.1) is 0 Å². The van der Waals surface area contributed by atoms with Crippen LogP contribution in [0.15, 0.2) is 54.6 Å². The molecule has 2 aromatic rings. The maximum atomic E-state index is 13.0. The predicted molar refractivity (Wildman–Crippen MR) is 105 cm³/mol. The summed E-state index contributed by atoms with van der Waals surface area (Å²) in [7, 11) is 1.60. The average Bonchev–Trinajstić information content (AvgIpc) is 2.66. The summed E-state index contributed by atoms with van der Waals surface area (Å²) in [5.41, 5.74) is 1.19. The van der Waals surface area contributed by atoms with Gasteiger partial charge in [-0.1, -0.05) is 42.5 Å². The molecule has 0 saturated heterocycles. The second-order valence-electron chi connectivity index (χ2n) is 7.15. The largest absolute Gasteiger partial charge is 0.497 e. The zero-order valence-corrected chi connectivity index (χ0v) is 16.1. The minimum absolute atomic E-state index is 0.0146. The normalized spacial score (nSPS) is 12.3. The van der Waals surface area contributed by atoms with Gasteiger partial charge in [-0.3, -0.25) is 9.59 Å². The Morgan fingerprint density at radius 3 is 2.26 bits per heavy atom. The van der Waals surface area contributed by atoms with Crippen LogP contribution < -0.4 is 10.1 Å². The number of benzene rings is 2. The van der Waals surface area contributed by atoms with Gasteiger partial charge in [0, 0.05) is 12.5 Å². The number of carbonyl (C=O) groups excluding carboxylic acids is 1. The molecule has 0 aromatic heterocycles. The molecule has 0 spiro atoms. The Bertz CT molecular complexity index is 754. The molecule has 0 aliphatic heterocycles. The first-order valence-electron chi connectivity index (χ1n) is 9.04. The number of hydrogen-bond donors (Lipinski definition) is 2. The van der Waals surface area contributed by atoms with Gasteiger partial charge in [0.2, 0.25) is 5.91 Å². The van der Waals surface area contributed by atoms with E-state index < -0.39 is 11.4 Å². The van der Waals surface area contributed by atoms with Gasteiger partial charge < -0.3 is 15.2 Å². The number of methoxy groups -OCH3 is 1. The molecule has 0 radical (unpaired) electrons. The van der Waals surface area contributed by atoms with E-state index in [1.165, 1.54) is 0 Å². The number of carbonyl (C=O) groups is 2. The van der Waals surface area contributed by atoms with E-state index in [1.807, 2.05) is 68.4 Å². The summed E-state index contributed by atoms with van der Waals surface area (Å²) in [5.74, 6) is -0.255. The quantitative estimate of drug-likeness (QED) is 0.709. The standard InChI is InChI=1S/C22H27NO4/c1-22(2,17-9-12-19(27-3)13-10-17)21(26)23-18(11-14-20(24)25)15-16-7-5-4-6-8-16/h4-10,12-13,18H,11,14-15H2,1-3H3,(H,23,26)(H,24,25). The molecule has 2 N–H and O–H groups in total. The molecule has 1 amide bonds. The van der Waals surface area contributed by atoms with E-state index in [2.05, 4.69) is 5.32 Å². The molecule has 144 valence electrons. The molecule has 0 heterocycles. The molecule has 5 nitrogen and oxygen atoms in total. The highest BCUT2D eigenvalue weighted by molar-refractivity contribution is 5.87. The van der Waals surface area contributed by atoms with Crippen LogP contribution in [0, 0.1) is 0 Å². The van der Waals surface area contributed by atoms with Gasteiger partial charge in [-0.25, -0.2) is 0 Å². The van der Waals surface area contributed by atoms with Crippen molar-refractivity contribution in [2.75, 3.05) is 7.11 Å². The van der Waals surface area contributed by atoms with Crippen molar-refractivity contribution in [3.05, 3.63) is 65.7 Å². The van der Waals surface area contributed by atoms with Crippen LogP contribution >= 0.6 is 0 Å². The van der Waals surface area contributed by atoms with E-state index in [4.69, 9.17) is 9.84 Å². The highest BCUT2D eigenvalue weighted by Gasteiger charge is 2.31. The number of nitrogens with one attached hydrogen (secondary N) is 1. The smallest absolute Gasteiger partial charge is 0.303 e. The molecule has 0 fully saturated rings. The molecule has 1 unspecified atom stereocenters. The van der Waals surface area contributed by atoms with Gasteiger partial charge >= 0.3 is 5.97 Å². The zero-order chi connectivity index (χ0) is 19.9. The highest BCUT2D eigenvalue weighted by atomic mass is 16.5. The topological polar surface area (TPSA) is 75.6 Å². The lowest BCUT2D eigenvalue weighted by atomic mass is 9.83. The first-order chi connectivity index (χ1) is 12.8. The van der Waals surface area contributed by atoms with E-state index in [9.17, 15) is 9.59 Å². The first-order valence-corrected chi connectivity index (χ1v) is 9.04. The molecule has 1 atom stereocenters. The minimum Gasteiger partial charge on any atom is -0.497 e. The van der Waals surface area contributed by atoms with E-state index >= 15 is 0 Å². The van der Waals surface area contributed by atoms with Crippen molar-refractivity contribution >= 4 is 11.9 Å². The van der Waals surface area contributed by atoms with Crippen LogP contribution in [0.5, 0.6) is 5.75 Å². The van der Waals surface area contributed by atoms with Gasteiger partial charge in [-0.05, 0) is 49.9 Å². The molecule has 0 aliphatic carbocycles. The summed E-state index contributed by atoms with van der Waals surface area (Å²) in [4.78, 5) is 24.0. The Hall–Kier alpha value is -2.82. The van der Waals surface area contributed by atoms with Crippen molar-refractivity contribution in [2.24, 2.45) is 0 Å².